The van der Waals surface area contributed by atoms with Gasteiger partial charge in [0, 0.05) is 24.4 Å². The third-order valence-electron chi connectivity index (χ3n) is 3.05. The van der Waals surface area contributed by atoms with Gasteiger partial charge in [-0.2, -0.15) is 0 Å². The smallest absolute Gasteiger partial charge is 0.246 e. The molecular formula is C11H20ClNO2. The summed E-state index contributed by atoms with van der Waals surface area (Å²) in [7, 11) is 0. The average Bonchev–Trinajstić information content (AvgIpc) is 2.73. The molecule has 1 rings (SSSR count). The number of rotatable bonds is 6. The number of amides is 1. The first-order valence-corrected chi connectivity index (χ1v) is 6.16. The van der Waals surface area contributed by atoms with E-state index in [1.54, 1.807) is 0 Å². The number of nitrogens with one attached hydrogen (secondary N) is 1. The maximum atomic E-state index is 11.3. The van der Waals surface area contributed by atoms with E-state index in [0.29, 0.717) is 19.0 Å². The van der Waals surface area contributed by atoms with Crippen LogP contribution in [0.2, 0.25) is 0 Å². The van der Waals surface area contributed by atoms with Gasteiger partial charge in [-0.15, -0.1) is 11.6 Å². The number of alkyl halides is 1. The van der Waals surface area contributed by atoms with Gasteiger partial charge in [0.2, 0.25) is 5.91 Å². The Morgan fingerprint density at radius 2 is 2.13 bits per heavy atom. The molecule has 3 nitrogen and oxygen atoms in total. The second-order valence-corrected chi connectivity index (χ2v) is 4.52. The molecule has 0 saturated heterocycles. The third-order valence-corrected chi connectivity index (χ3v) is 3.61. The van der Waals surface area contributed by atoms with Crippen molar-refractivity contribution in [2.24, 2.45) is 5.41 Å². The normalized spacial score (nSPS) is 19.1. The van der Waals surface area contributed by atoms with Gasteiger partial charge >= 0.3 is 0 Å². The Labute approximate surface area is 96.5 Å². The summed E-state index contributed by atoms with van der Waals surface area (Å²) in [6.45, 7) is 3.32. The van der Waals surface area contributed by atoms with Gasteiger partial charge in [0.25, 0.3) is 0 Å². The molecule has 1 saturated carbocycles. The van der Waals surface area contributed by atoms with Gasteiger partial charge in [0.05, 0.1) is 0 Å². The van der Waals surface area contributed by atoms with Crippen molar-refractivity contribution in [1.82, 2.24) is 5.32 Å². The summed E-state index contributed by atoms with van der Waals surface area (Å²) >= 11 is 5.97. The predicted molar refractivity (Wildman–Crippen MR) is 61.1 cm³/mol. The van der Waals surface area contributed by atoms with Crippen LogP contribution in [-0.2, 0) is 9.53 Å². The lowest BCUT2D eigenvalue weighted by atomic mass is 9.88. The molecule has 0 unspecified atom stereocenters. The predicted octanol–water partition coefficient (Wildman–Crippen LogP) is 1.94. The summed E-state index contributed by atoms with van der Waals surface area (Å²) in [5.74, 6) is 0.607. The van der Waals surface area contributed by atoms with Crippen LogP contribution in [0, 0.1) is 5.41 Å². The van der Waals surface area contributed by atoms with Gasteiger partial charge in [-0.3, -0.25) is 4.79 Å². The van der Waals surface area contributed by atoms with Crippen molar-refractivity contribution in [3.63, 3.8) is 0 Å². The molecule has 0 bridgehead atoms. The summed E-state index contributed by atoms with van der Waals surface area (Å²) in [6, 6.07) is 0. The van der Waals surface area contributed by atoms with Gasteiger partial charge < -0.3 is 10.1 Å². The maximum Gasteiger partial charge on any atom is 0.246 e. The van der Waals surface area contributed by atoms with Crippen LogP contribution in [0.15, 0.2) is 0 Å². The standard InChI is InChI=1S/C11H20ClNO2/c1-2-15-7-10(14)13-9-11(8-12)5-3-4-6-11/h2-9H2,1H3,(H,13,14). The zero-order valence-corrected chi connectivity index (χ0v) is 10.1. The highest BCUT2D eigenvalue weighted by Gasteiger charge is 2.33. The fraction of sp³-hybridized carbons (Fsp3) is 0.909. The lowest BCUT2D eigenvalue weighted by Gasteiger charge is -2.26. The maximum absolute atomic E-state index is 11.3. The minimum atomic E-state index is -0.0340. The van der Waals surface area contributed by atoms with Gasteiger partial charge in [-0.1, -0.05) is 12.8 Å². The van der Waals surface area contributed by atoms with Crippen LogP contribution in [0.5, 0.6) is 0 Å². The van der Waals surface area contributed by atoms with Crippen molar-refractivity contribution < 1.29 is 9.53 Å². The van der Waals surface area contributed by atoms with Crippen LogP contribution >= 0.6 is 11.6 Å². The second kappa shape index (κ2) is 6.33. The number of ether oxygens (including phenoxy) is 1. The summed E-state index contributed by atoms with van der Waals surface area (Å²) in [6.07, 6.45) is 4.72. The zero-order chi connectivity index (χ0) is 11.1. The van der Waals surface area contributed by atoms with Crippen molar-refractivity contribution in [3.05, 3.63) is 0 Å². The van der Waals surface area contributed by atoms with Crippen LogP contribution in [0.1, 0.15) is 32.6 Å². The average molecular weight is 234 g/mol. The van der Waals surface area contributed by atoms with E-state index >= 15 is 0 Å². The van der Waals surface area contributed by atoms with Crippen molar-refractivity contribution in [1.29, 1.82) is 0 Å². The molecule has 1 N–H and O–H groups in total. The van der Waals surface area contributed by atoms with E-state index in [9.17, 15) is 4.79 Å². The molecule has 0 aromatic rings. The topological polar surface area (TPSA) is 38.3 Å². The summed E-state index contributed by atoms with van der Waals surface area (Å²) < 4.78 is 5.03. The molecule has 0 aliphatic heterocycles. The Bertz CT molecular complexity index is 203. The van der Waals surface area contributed by atoms with E-state index in [1.165, 1.54) is 12.8 Å². The molecular weight excluding hydrogens is 214 g/mol. The monoisotopic (exact) mass is 233 g/mol. The largest absolute Gasteiger partial charge is 0.372 e. The lowest BCUT2D eigenvalue weighted by Crippen LogP contribution is -2.38. The Kier molecular flexibility index (Phi) is 5.40. The first kappa shape index (κ1) is 12.8. The highest BCUT2D eigenvalue weighted by molar-refractivity contribution is 6.18. The van der Waals surface area contributed by atoms with Crippen molar-refractivity contribution in [3.8, 4) is 0 Å². The van der Waals surface area contributed by atoms with Crippen LogP contribution in [-0.4, -0.2) is 31.5 Å². The van der Waals surface area contributed by atoms with Crippen molar-refractivity contribution >= 4 is 17.5 Å². The fourth-order valence-corrected chi connectivity index (χ4v) is 2.38. The molecule has 0 atom stereocenters. The van der Waals surface area contributed by atoms with E-state index in [2.05, 4.69) is 5.32 Å². The summed E-state index contributed by atoms with van der Waals surface area (Å²) in [5.41, 5.74) is 0.142. The van der Waals surface area contributed by atoms with E-state index in [0.717, 1.165) is 12.8 Å². The summed E-state index contributed by atoms with van der Waals surface area (Å²) in [4.78, 5) is 11.3. The highest BCUT2D eigenvalue weighted by Crippen LogP contribution is 2.38. The van der Waals surface area contributed by atoms with E-state index in [4.69, 9.17) is 16.3 Å². The molecule has 15 heavy (non-hydrogen) atoms. The Hall–Kier alpha value is -0.280. The molecule has 0 spiro atoms. The van der Waals surface area contributed by atoms with Gasteiger partial charge in [-0.25, -0.2) is 0 Å². The van der Waals surface area contributed by atoms with Crippen LogP contribution in [0.4, 0.5) is 0 Å². The first-order chi connectivity index (χ1) is 7.22. The van der Waals surface area contributed by atoms with Gasteiger partial charge in [0.15, 0.2) is 0 Å². The van der Waals surface area contributed by atoms with Crippen LogP contribution in [0.3, 0.4) is 0 Å². The number of carbonyl (C=O) groups is 1. The second-order valence-electron chi connectivity index (χ2n) is 4.25. The third kappa shape index (κ3) is 3.99. The van der Waals surface area contributed by atoms with Crippen LogP contribution < -0.4 is 5.32 Å². The van der Waals surface area contributed by atoms with Gasteiger partial charge in [0.1, 0.15) is 6.61 Å². The summed E-state index contributed by atoms with van der Waals surface area (Å²) in [5, 5.41) is 2.90. The van der Waals surface area contributed by atoms with E-state index in [-0.39, 0.29) is 17.9 Å². The molecule has 88 valence electrons. The molecule has 0 aromatic heterocycles. The molecule has 1 aliphatic rings. The first-order valence-electron chi connectivity index (χ1n) is 5.63. The van der Waals surface area contributed by atoms with Gasteiger partial charge in [-0.05, 0) is 19.8 Å². The molecule has 0 aromatic carbocycles. The number of hydrogen-bond donors (Lipinski definition) is 1. The SMILES string of the molecule is CCOCC(=O)NCC1(CCl)CCCC1. The minimum absolute atomic E-state index is 0.0340. The minimum Gasteiger partial charge on any atom is -0.372 e. The van der Waals surface area contributed by atoms with E-state index in [1.807, 2.05) is 6.92 Å². The molecule has 0 heterocycles. The number of carbonyl (C=O) groups excluding carboxylic acids is 1. The number of halogens is 1. The van der Waals surface area contributed by atoms with Crippen molar-refractivity contribution in [2.45, 2.75) is 32.6 Å². The van der Waals surface area contributed by atoms with Crippen molar-refractivity contribution in [2.75, 3.05) is 25.6 Å². The molecule has 1 aliphatic carbocycles. The Morgan fingerprint density at radius 1 is 1.47 bits per heavy atom. The lowest BCUT2D eigenvalue weighted by molar-refractivity contribution is -0.126. The Morgan fingerprint density at radius 3 is 2.67 bits per heavy atom. The molecule has 1 amide bonds. The highest BCUT2D eigenvalue weighted by atomic mass is 35.5. The zero-order valence-electron chi connectivity index (χ0n) is 9.35. The molecule has 0 radical (unpaired) electrons. The fourth-order valence-electron chi connectivity index (χ4n) is 2.01. The number of hydrogen-bond acceptors (Lipinski definition) is 2. The quantitative estimate of drug-likeness (QED) is 0.712. The van der Waals surface area contributed by atoms with Crippen LogP contribution in [0.25, 0.3) is 0 Å². The molecule has 4 heteroatoms. The Balaban J connectivity index is 2.25. The van der Waals surface area contributed by atoms with E-state index < -0.39 is 0 Å². The molecule has 1 fully saturated rings.